The van der Waals surface area contributed by atoms with E-state index in [0.29, 0.717) is 12.4 Å². The average molecular weight is 327 g/mol. The second kappa shape index (κ2) is 8.26. The molecule has 116 valence electrons. The number of allylic oxidation sites excluding steroid dienone is 1. The second-order valence-corrected chi connectivity index (χ2v) is 7.04. The van der Waals surface area contributed by atoms with E-state index in [1.165, 1.54) is 4.90 Å². The van der Waals surface area contributed by atoms with Gasteiger partial charge >= 0.3 is 0 Å². The van der Waals surface area contributed by atoms with Crippen LogP contribution >= 0.6 is 12.6 Å². The molecule has 1 rings (SSSR count). The maximum absolute atomic E-state index is 12.5. The molecule has 0 unspecified atom stereocenters. The van der Waals surface area contributed by atoms with E-state index in [1.807, 2.05) is 13.8 Å². The molecular formula is C15H21NO3S2. The summed E-state index contributed by atoms with van der Waals surface area (Å²) in [4.78, 5) is 1.72. The van der Waals surface area contributed by atoms with E-state index in [-0.39, 0.29) is 16.7 Å². The Balaban J connectivity index is 3.02. The largest absolute Gasteiger partial charge is 0.360 e. The zero-order chi connectivity index (χ0) is 15.9. The first-order valence-electron chi connectivity index (χ1n) is 6.49. The van der Waals surface area contributed by atoms with Crippen molar-refractivity contribution in [2.24, 2.45) is 0 Å². The molecule has 21 heavy (non-hydrogen) atoms. The van der Waals surface area contributed by atoms with Crippen molar-refractivity contribution in [3.05, 3.63) is 53.7 Å². The second-order valence-electron chi connectivity index (χ2n) is 4.65. The molecule has 6 heteroatoms. The Hall–Kier alpha value is -1.24. The van der Waals surface area contributed by atoms with E-state index in [0.717, 1.165) is 5.57 Å². The fourth-order valence-corrected chi connectivity index (χ4v) is 2.94. The van der Waals surface area contributed by atoms with Crippen LogP contribution in [0.15, 0.2) is 58.6 Å². The molecule has 0 saturated carbocycles. The molecule has 4 nitrogen and oxygen atoms in total. The smallest absolute Gasteiger partial charge is 0.221 e. The third-order valence-corrected chi connectivity index (χ3v) is 4.49. The summed E-state index contributed by atoms with van der Waals surface area (Å²) >= 11 is 4.06. The quantitative estimate of drug-likeness (QED) is 0.453. The zero-order valence-electron chi connectivity index (χ0n) is 12.3. The van der Waals surface area contributed by atoms with Crippen molar-refractivity contribution in [3.63, 3.8) is 0 Å². The summed E-state index contributed by atoms with van der Waals surface area (Å²) in [5, 5.41) is -0.00550. The first-order chi connectivity index (χ1) is 9.89. The summed E-state index contributed by atoms with van der Waals surface area (Å²) in [6, 6.07) is 8.24. The molecule has 0 aliphatic carbocycles. The monoisotopic (exact) mass is 327 g/mol. The highest BCUT2D eigenvalue weighted by Gasteiger charge is 2.23. The van der Waals surface area contributed by atoms with E-state index >= 15 is 0 Å². The maximum Gasteiger partial charge on any atom is 0.221 e. The molecule has 0 spiro atoms. The third kappa shape index (κ3) is 5.22. The van der Waals surface area contributed by atoms with E-state index in [1.54, 1.807) is 36.5 Å². The summed E-state index contributed by atoms with van der Waals surface area (Å²) in [6.45, 7) is 8.06. The standard InChI is InChI=1S/C15H21NO3S2/c1-13(2)11-16(12-19-9-10-20)14(3)21(17,18)15-7-5-4-6-8-15/h4-8,11,20H,3,9-10,12H2,1-2H3. The number of rotatable bonds is 8. The minimum atomic E-state index is -3.63. The number of nitrogens with zero attached hydrogens (tertiary/aromatic N) is 1. The third-order valence-electron chi connectivity index (χ3n) is 2.56. The first kappa shape index (κ1) is 17.8. The normalized spacial score (nSPS) is 11.0. The fraction of sp³-hybridized carbons (Fsp3) is 0.333. The maximum atomic E-state index is 12.5. The van der Waals surface area contributed by atoms with Gasteiger partial charge in [0.15, 0.2) is 0 Å². The van der Waals surface area contributed by atoms with Gasteiger partial charge in [-0.1, -0.05) is 30.4 Å². The van der Waals surface area contributed by atoms with Crippen LogP contribution in [0.4, 0.5) is 0 Å². The van der Waals surface area contributed by atoms with Gasteiger partial charge in [0.05, 0.1) is 11.5 Å². The van der Waals surface area contributed by atoms with Gasteiger partial charge in [0, 0.05) is 12.0 Å². The van der Waals surface area contributed by atoms with Crippen molar-refractivity contribution in [3.8, 4) is 0 Å². The van der Waals surface area contributed by atoms with Crippen molar-refractivity contribution in [1.29, 1.82) is 0 Å². The molecule has 0 radical (unpaired) electrons. The van der Waals surface area contributed by atoms with Gasteiger partial charge in [0.25, 0.3) is 0 Å². The number of hydrogen-bond acceptors (Lipinski definition) is 5. The Bertz CT molecular complexity index is 591. The highest BCUT2D eigenvalue weighted by atomic mass is 32.2. The van der Waals surface area contributed by atoms with Gasteiger partial charge in [0.2, 0.25) is 9.84 Å². The number of thiol groups is 1. The van der Waals surface area contributed by atoms with Crippen molar-refractivity contribution in [1.82, 2.24) is 4.90 Å². The van der Waals surface area contributed by atoms with E-state index in [2.05, 4.69) is 19.2 Å². The van der Waals surface area contributed by atoms with Crippen molar-refractivity contribution >= 4 is 22.5 Å². The van der Waals surface area contributed by atoms with Gasteiger partial charge < -0.3 is 9.64 Å². The number of benzene rings is 1. The van der Waals surface area contributed by atoms with Crippen molar-refractivity contribution < 1.29 is 13.2 Å². The fourth-order valence-electron chi connectivity index (χ4n) is 1.61. The van der Waals surface area contributed by atoms with Gasteiger partial charge in [-0.3, -0.25) is 0 Å². The molecule has 0 amide bonds. The average Bonchev–Trinajstić information content (AvgIpc) is 2.46. The molecule has 0 aliphatic heterocycles. The van der Waals surface area contributed by atoms with Crippen molar-refractivity contribution in [2.75, 3.05) is 19.1 Å². The van der Waals surface area contributed by atoms with Crippen LogP contribution in [0, 0.1) is 0 Å². The Morgan fingerprint density at radius 1 is 1.33 bits per heavy atom. The summed E-state index contributed by atoms with van der Waals surface area (Å²) in [5.74, 6) is 0.570. The molecule has 0 heterocycles. The topological polar surface area (TPSA) is 46.6 Å². The molecule has 0 saturated heterocycles. The summed E-state index contributed by atoms with van der Waals surface area (Å²) in [7, 11) is -3.63. The van der Waals surface area contributed by atoms with Crippen LogP contribution in [0.5, 0.6) is 0 Å². The lowest BCUT2D eigenvalue weighted by Crippen LogP contribution is -2.25. The lowest BCUT2D eigenvalue weighted by atomic mass is 10.4. The Morgan fingerprint density at radius 2 is 1.95 bits per heavy atom. The number of sulfone groups is 1. The molecule has 0 N–H and O–H groups in total. The van der Waals surface area contributed by atoms with Gasteiger partial charge in [-0.05, 0) is 26.0 Å². The first-order valence-corrected chi connectivity index (χ1v) is 8.60. The molecule has 0 aliphatic rings. The van der Waals surface area contributed by atoms with Crippen LogP contribution in [-0.4, -0.2) is 32.4 Å². The summed E-state index contributed by atoms with van der Waals surface area (Å²) in [6.07, 6.45) is 1.71. The van der Waals surface area contributed by atoms with Gasteiger partial charge in [-0.15, -0.1) is 0 Å². The van der Waals surface area contributed by atoms with Gasteiger partial charge in [-0.2, -0.15) is 12.6 Å². The zero-order valence-corrected chi connectivity index (χ0v) is 14.0. The van der Waals surface area contributed by atoms with E-state index in [9.17, 15) is 8.42 Å². The SMILES string of the molecule is C=C(N(C=C(C)C)COCCS)S(=O)(=O)c1ccccc1. The van der Waals surface area contributed by atoms with Crippen molar-refractivity contribution in [2.45, 2.75) is 18.7 Å². The molecule has 0 fully saturated rings. The van der Waals surface area contributed by atoms with Crippen LogP contribution in [0.1, 0.15) is 13.8 Å². The Kier molecular flexibility index (Phi) is 7.01. The predicted molar refractivity (Wildman–Crippen MR) is 88.7 cm³/mol. The lowest BCUT2D eigenvalue weighted by molar-refractivity contribution is 0.0843. The highest BCUT2D eigenvalue weighted by Crippen LogP contribution is 2.21. The molecule has 1 aromatic rings. The van der Waals surface area contributed by atoms with E-state index in [4.69, 9.17) is 4.74 Å². The Labute approximate surface area is 132 Å². The lowest BCUT2D eigenvalue weighted by Gasteiger charge is -2.23. The van der Waals surface area contributed by atoms with Crippen LogP contribution in [-0.2, 0) is 14.6 Å². The Morgan fingerprint density at radius 3 is 2.48 bits per heavy atom. The molecule has 1 aromatic carbocycles. The van der Waals surface area contributed by atoms with Gasteiger partial charge in [-0.25, -0.2) is 8.42 Å². The molecular weight excluding hydrogens is 306 g/mol. The minimum absolute atomic E-state index is 0.00550. The molecule has 0 bridgehead atoms. The van der Waals surface area contributed by atoms with Crippen LogP contribution in [0.3, 0.4) is 0 Å². The summed E-state index contributed by atoms with van der Waals surface area (Å²) in [5.41, 5.74) is 0.953. The molecule has 0 aromatic heterocycles. The summed E-state index contributed by atoms with van der Waals surface area (Å²) < 4.78 is 30.5. The molecule has 0 atom stereocenters. The van der Waals surface area contributed by atoms with Crippen LogP contribution < -0.4 is 0 Å². The minimum Gasteiger partial charge on any atom is -0.360 e. The number of ether oxygens (including phenoxy) is 1. The highest BCUT2D eigenvalue weighted by molar-refractivity contribution is 7.95. The predicted octanol–water partition coefficient (Wildman–Crippen LogP) is 3.06. The number of hydrogen-bond donors (Lipinski definition) is 1. The van der Waals surface area contributed by atoms with Crippen LogP contribution in [0.25, 0.3) is 0 Å². The van der Waals surface area contributed by atoms with E-state index < -0.39 is 9.84 Å². The van der Waals surface area contributed by atoms with Gasteiger partial charge in [0.1, 0.15) is 11.8 Å². The van der Waals surface area contributed by atoms with Crippen LogP contribution in [0.2, 0.25) is 0 Å².